The smallest absolute Gasteiger partial charge is 0.220 e. The first-order chi connectivity index (χ1) is 36.7. The van der Waals surface area contributed by atoms with Crippen molar-refractivity contribution in [3.05, 3.63) is 48.6 Å². The fourth-order valence-corrected chi connectivity index (χ4v) is 10.6. The van der Waals surface area contributed by atoms with Gasteiger partial charge >= 0.3 is 0 Å². The van der Waals surface area contributed by atoms with E-state index in [0.29, 0.717) is 6.42 Å². The van der Waals surface area contributed by atoms with Gasteiger partial charge in [-0.15, -0.1) is 0 Å². The van der Waals surface area contributed by atoms with Gasteiger partial charge in [-0.05, 0) is 64.2 Å². The van der Waals surface area contributed by atoms with Gasteiger partial charge in [-0.25, -0.2) is 0 Å². The fraction of sp³-hybridized carbons (Fsp3) is 0.871. The van der Waals surface area contributed by atoms with E-state index in [2.05, 4.69) is 55.6 Å². The van der Waals surface area contributed by atoms with Crippen molar-refractivity contribution < 1.29 is 15.0 Å². The number of carbonyl (C=O) groups excluding carboxylic acids is 1. The Kier molecular flexibility index (Phi) is 64.2. The van der Waals surface area contributed by atoms with E-state index in [1.54, 1.807) is 6.08 Å². The van der Waals surface area contributed by atoms with Crippen LogP contribution in [-0.2, 0) is 4.79 Å². The average molecular weight is 1040 g/mol. The molecule has 0 rings (SSSR count). The first kappa shape index (κ1) is 72.3. The minimum atomic E-state index is -0.864. The number of unbranched alkanes of at least 4 members (excludes halogenated alkanes) is 50. The van der Waals surface area contributed by atoms with Crippen molar-refractivity contribution in [1.82, 2.24) is 5.32 Å². The molecule has 3 N–H and O–H groups in total. The zero-order chi connectivity index (χ0) is 53.4. The number of nitrogens with one attached hydrogen (secondary N) is 1. The predicted molar refractivity (Wildman–Crippen MR) is 331 cm³/mol. The zero-order valence-corrected chi connectivity index (χ0v) is 50.4. The third-order valence-corrected chi connectivity index (χ3v) is 15.8. The molecule has 0 aliphatic rings. The summed E-state index contributed by atoms with van der Waals surface area (Å²) >= 11 is 0. The van der Waals surface area contributed by atoms with Crippen molar-refractivity contribution in [2.75, 3.05) is 6.61 Å². The second-order valence-corrected chi connectivity index (χ2v) is 23.2. The standard InChI is InChI=1S/C70H133NO3/c1-3-5-7-9-11-13-15-17-19-21-23-25-27-29-30-31-32-33-34-35-36-37-38-39-40-42-44-46-48-50-52-54-56-58-60-62-64-66-70(74)71-68(67-72)69(73)65-63-61-59-57-55-53-51-49-47-45-43-41-28-26-24-22-20-18-16-14-12-10-8-6-4-2/h30-31,33-34,55,57,63,65,68-69,72-73H,3-29,32,35-54,56,58-62,64,66-67H2,1-2H3,(H,71,74)/b31-30-,34-33-,57-55+,65-63+. The van der Waals surface area contributed by atoms with Gasteiger partial charge in [0.2, 0.25) is 5.91 Å². The van der Waals surface area contributed by atoms with Gasteiger partial charge in [0.15, 0.2) is 0 Å². The number of aliphatic hydroxyl groups is 2. The summed E-state index contributed by atoms with van der Waals surface area (Å²) < 4.78 is 0. The van der Waals surface area contributed by atoms with Crippen LogP contribution < -0.4 is 5.32 Å². The molecule has 0 heterocycles. The summed E-state index contributed by atoms with van der Waals surface area (Å²) in [6.07, 6.45) is 91.9. The van der Waals surface area contributed by atoms with Crippen molar-refractivity contribution >= 4 is 5.91 Å². The second kappa shape index (κ2) is 65.6. The fourth-order valence-electron chi connectivity index (χ4n) is 10.6. The molecule has 4 heteroatoms. The second-order valence-electron chi connectivity index (χ2n) is 23.2. The lowest BCUT2D eigenvalue weighted by Gasteiger charge is -2.19. The van der Waals surface area contributed by atoms with Gasteiger partial charge in [-0.3, -0.25) is 4.79 Å². The molecular formula is C70H133NO3. The molecule has 0 bridgehead atoms. The largest absolute Gasteiger partial charge is 0.394 e. The molecule has 2 unspecified atom stereocenters. The average Bonchev–Trinajstić information content (AvgIpc) is 3.40. The van der Waals surface area contributed by atoms with Gasteiger partial charge in [0.05, 0.1) is 18.8 Å². The quantitative estimate of drug-likeness (QED) is 0.0420. The molecule has 0 aromatic carbocycles. The van der Waals surface area contributed by atoms with E-state index < -0.39 is 12.1 Å². The van der Waals surface area contributed by atoms with E-state index in [4.69, 9.17) is 0 Å². The Morgan fingerprint density at radius 2 is 0.568 bits per heavy atom. The molecule has 0 fully saturated rings. The summed E-state index contributed by atoms with van der Waals surface area (Å²) in [7, 11) is 0. The van der Waals surface area contributed by atoms with E-state index in [1.165, 1.54) is 315 Å². The summed E-state index contributed by atoms with van der Waals surface area (Å²) in [6, 6.07) is -0.641. The molecule has 0 spiro atoms. The van der Waals surface area contributed by atoms with Crippen LogP contribution in [0.5, 0.6) is 0 Å². The number of amides is 1. The first-order valence-electron chi connectivity index (χ1n) is 33.9. The summed E-state index contributed by atoms with van der Waals surface area (Å²) in [5.74, 6) is -0.0681. The molecule has 0 saturated carbocycles. The van der Waals surface area contributed by atoms with Gasteiger partial charge in [0.1, 0.15) is 0 Å². The highest BCUT2D eigenvalue weighted by molar-refractivity contribution is 5.76. The number of carbonyl (C=O) groups is 1. The highest BCUT2D eigenvalue weighted by Gasteiger charge is 2.18. The molecule has 0 radical (unpaired) electrons. The Morgan fingerprint density at radius 1 is 0.324 bits per heavy atom. The van der Waals surface area contributed by atoms with Crippen molar-refractivity contribution in [2.24, 2.45) is 0 Å². The number of aliphatic hydroxyl groups excluding tert-OH is 2. The summed E-state index contributed by atoms with van der Waals surface area (Å²) in [6.45, 7) is 4.34. The number of hydrogen-bond donors (Lipinski definition) is 3. The van der Waals surface area contributed by atoms with Crippen LogP contribution in [0.4, 0.5) is 0 Å². The van der Waals surface area contributed by atoms with Gasteiger partial charge in [0, 0.05) is 6.42 Å². The minimum absolute atomic E-state index is 0.0681. The number of allylic oxidation sites excluding steroid dienone is 7. The van der Waals surface area contributed by atoms with E-state index >= 15 is 0 Å². The highest BCUT2D eigenvalue weighted by Crippen LogP contribution is 2.18. The Morgan fingerprint density at radius 3 is 0.865 bits per heavy atom. The van der Waals surface area contributed by atoms with Gasteiger partial charge in [-0.1, -0.05) is 351 Å². The van der Waals surface area contributed by atoms with Crippen molar-refractivity contribution in [3.63, 3.8) is 0 Å². The highest BCUT2D eigenvalue weighted by atomic mass is 16.3. The third kappa shape index (κ3) is 61.2. The molecule has 0 aromatic heterocycles. The van der Waals surface area contributed by atoms with Crippen LogP contribution in [0.1, 0.15) is 373 Å². The molecule has 0 aromatic rings. The van der Waals surface area contributed by atoms with Crippen LogP contribution in [-0.4, -0.2) is 34.9 Å². The van der Waals surface area contributed by atoms with Crippen molar-refractivity contribution in [3.8, 4) is 0 Å². The predicted octanol–water partition coefficient (Wildman–Crippen LogP) is 22.9. The summed E-state index contributed by atoms with van der Waals surface area (Å²) in [4.78, 5) is 12.5. The van der Waals surface area contributed by atoms with E-state index in [1.807, 2.05) is 6.08 Å². The maximum atomic E-state index is 12.5. The molecule has 1 amide bonds. The third-order valence-electron chi connectivity index (χ3n) is 15.8. The molecule has 4 nitrogen and oxygen atoms in total. The van der Waals surface area contributed by atoms with Crippen molar-refractivity contribution in [1.29, 1.82) is 0 Å². The Hall–Kier alpha value is -1.65. The van der Waals surface area contributed by atoms with E-state index in [0.717, 1.165) is 38.5 Å². The Bertz CT molecular complexity index is 1170. The summed E-state index contributed by atoms with van der Waals surface area (Å²) in [5.41, 5.74) is 0. The van der Waals surface area contributed by atoms with Crippen LogP contribution in [0.2, 0.25) is 0 Å². The maximum Gasteiger partial charge on any atom is 0.220 e. The summed E-state index contributed by atoms with van der Waals surface area (Å²) in [5, 5.41) is 23.2. The normalized spacial score (nSPS) is 13.0. The lowest BCUT2D eigenvalue weighted by atomic mass is 10.0. The zero-order valence-electron chi connectivity index (χ0n) is 50.4. The van der Waals surface area contributed by atoms with Crippen LogP contribution in [0.3, 0.4) is 0 Å². The SMILES string of the molecule is CCCCCCCCCCCCCCC/C=C\C/C=C\CCCCCCCCCCCCCCCCCCCC(=O)NC(CO)C(O)/C=C/CC/C=C/CCCCCCCCCCCCCCCCCCCCC. The van der Waals surface area contributed by atoms with Gasteiger partial charge in [-0.2, -0.15) is 0 Å². The number of hydrogen-bond acceptors (Lipinski definition) is 3. The molecule has 0 saturated heterocycles. The van der Waals surface area contributed by atoms with Crippen LogP contribution in [0, 0.1) is 0 Å². The maximum absolute atomic E-state index is 12.5. The molecule has 2 atom stereocenters. The molecule has 0 aliphatic heterocycles. The first-order valence-corrected chi connectivity index (χ1v) is 33.9. The van der Waals surface area contributed by atoms with Gasteiger partial charge < -0.3 is 15.5 Å². The topological polar surface area (TPSA) is 69.6 Å². The molecule has 436 valence electrons. The number of rotatable bonds is 63. The Balaban J connectivity index is 3.46. The van der Waals surface area contributed by atoms with Crippen LogP contribution in [0.15, 0.2) is 48.6 Å². The lowest BCUT2D eigenvalue weighted by Crippen LogP contribution is -2.45. The van der Waals surface area contributed by atoms with E-state index in [9.17, 15) is 15.0 Å². The monoisotopic (exact) mass is 1040 g/mol. The van der Waals surface area contributed by atoms with Gasteiger partial charge in [0.25, 0.3) is 0 Å². The molecule has 0 aliphatic carbocycles. The lowest BCUT2D eigenvalue weighted by molar-refractivity contribution is -0.123. The van der Waals surface area contributed by atoms with E-state index in [-0.39, 0.29) is 12.5 Å². The minimum Gasteiger partial charge on any atom is -0.394 e. The van der Waals surface area contributed by atoms with Crippen LogP contribution >= 0.6 is 0 Å². The van der Waals surface area contributed by atoms with Crippen LogP contribution in [0.25, 0.3) is 0 Å². The Labute approximate surface area is 464 Å². The molecular weight excluding hydrogens is 903 g/mol. The van der Waals surface area contributed by atoms with Crippen molar-refractivity contribution in [2.45, 2.75) is 386 Å². The molecule has 74 heavy (non-hydrogen) atoms.